The van der Waals surface area contributed by atoms with Gasteiger partial charge in [0.15, 0.2) is 0 Å². The van der Waals surface area contributed by atoms with E-state index in [1.54, 1.807) is 0 Å². The molecule has 1 aromatic carbocycles. The molecule has 0 radical (unpaired) electrons. The van der Waals surface area contributed by atoms with Gasteiger partial charge in [0, 0.05) is 81.3 Å². The summed E-state index contributed by atoms with van der Waals surface area (Å²) in [6.45, 7) is 12.6. The molecular formula is C26H36N4O2. The van der Waals surface area contributed by atoms with Crippen molar-refractivity contribution in [2.75, 3.05) is 39.3 Å². The lowest BCUT2D eigenvalue weighted by atomic mass is 9.79. The van der Waals surface area contributed by atoms with Crippen LogP contribution >= 0.6 is 0 Å². The van der Waals surface area contributed by atoms with Crippen molar-refractivity contribution in [3.63, 3.8) is 0 Å². The zero-order chi connectivity index (χ0) is 22.5. The summed E-state index contributed by atoms with van der Waals surface area (Å²) in [5.74, 6) is 0.671. The van der Waals surface area contributed by atoms with Crippen molar-refractivity contribution in [2.45, 2.75) is 46.7 Å². The summed E-state index contributed by atoms with van der Waals surface area (Å²) in [5.41, 5.74) is 2.17. The molecule has 2 aromatic rings. The SMILES string of the molecule is CCn1cc(CN2C[C@@H]3CN(C(=O)C(C)C)C[C@]3(C(=O)N3CCCC3)C2)c2ccccc21. The lowest BCUT2D eigenvalue weighted by Gasteiger charge is -2.32. The minimum atomic E-state index is -0.446. The van der Waals surface area contributed by atoms with E-state index in [0.717, 1.165) is 52.1 Å². The average molecular weight is 437 g/mol. The van der Waals surface area contributed by atoms with Crippen LogP contribution in [0.3, 0.4) is 0 Å². The number of aromatic nitrogens is 1. The first kappa shape index (κ1) is 21.5. The summed E-state index contributed by atoms with van der Waals surface area (Å²) in [7, 11) is 0. The first-order valence-electron chi connectivity index (χ1n) is 12.3. The minimum absolute atomic E-state index is 0.0240. The molecule has 3 aliphatic heterocycles. The fraction of sp³-hybridized carbons (Fsp3) is 0.615. The van der Waals surface area contributed by atoms with Gasteiger partial charge in [0.05, 0.1) is 5.41 Å². The number of carbonyl (C=O) groups is 2. The molecule has 2 atom stereocenters. The van der Waals surface area contributed by atoms with Crippen LogP contribution in [0.1, 0.15) is 39.2 Å². The standard InChI is InChI=1S/C26H36N4O2/c1-4-28-14-20(22-9-5-6-10-23(22)28)13-27-15-21-16-30(24(31)19(2)3)18-26(21,17-27)25(32)29-11-7-8-12-29/h5-6,9-10,14,19,21H,4,7-8,11-13,15-18H2,1-3H3/t21-,26-/m1/s1. The number of para-hydroxylation sites is 1. The fourth-order valence-corrected chi connectivity index (χ4v) is 6.31. The number of hydrogen-bond acceptors (Lipinski definition) is 3. The van der Waals surface area contributed by atoms with Gasteiger partial charge >= 0.3 is 0 Å². The van der Waals surface area contributed by atoms with Crippen molar-refractivity contribution in [2.24, 2.45) is 17.3 Å². The molecule has 6 nitrogen and oxygen atoms in total. The molecule has 3 aliphatic rings. The van der Waals surface area contributed by atoms with Crippen molar-refractivity contribution in [3.05, 3.63) is 36.0 Å². The van der Waals surface area contributed by atoms with E-state index in [2.05, 4.69) is 51.8 Å². The highest BCUT2D eigenvalue weighted by Gasteiger charge is 2.59. The second-order valence-electron chi connectivity index (χ2n) is 10.4. The second-order valence-corrected chi connectivity index (χ2v) is 10.4. The third-order valence-corrected chi connectivity index (χ3v) is 7.91. The third kappa shape index (κ3) is 3.43. The van der Waals surface area contributed by atoms with E-state index in [9.17, 15) is 9.59 Å². The van der Waals surface area contributed by atoms with Crippen LogP contribution in [0.2, 0.25) is 0 Å². The molecule has 3 saturated heterocycles. The summed E-state index contributed by atoms with van der Waals surface area (Å²) in [6, 6.07) is 8.61. The van der Waals surface area contributed by atoms with Crippen LogP contribution in [0, 0.1) is 17.3 Å². The first-order chi connectivity index (χ1) is 15.4. The quantitative estimate of drug-likeness (QED) is 0.723. The minimum Gasteiger partial charge on any atom is -0.347 e. The molecule has 0 saturated carbocycles. The van der Waals surface area contributed by atoms with E-state index in [1.807, 2.05) is 18.7 Å². The number of aryl methyl sites for hydroxylation is 1. The number of likely N-dealkylation sites (tertiary alicyclic amines) is 3. The van der Waals surface area contributed by atoms with Gasteiger partial charge in [-0.1, -0.05) is 32.0 Å². The van der Waals surface area contributed by atoms with Crippen LogP contribution in [-0.4, -0.2) is 70.3 Å². The summed E-state index contributed by atoms with van der Waals surface area (Å²) in [5, 5.41) is 1.31. The molecule has 0 aliphatic carbocycles. The second kappa shape index (κ2) is 8.22. The van der Waals surface area contributed by atoms with Crippen LogP contribution in [0.5, 0.6) is 0 Å². The maximum Gasteiger partial charge on any atom is 0.232 e. The summed E-state index contributed by atoms with van der Waals surface area (Å²) < 4.78 is 2.32. The number of benzene rings is 1. The third-order valence-electron chi connectivity index (χ3n) is 7.91. The van der Waals surface area contributed by atoms with Crippen molar-refractivity contribution in [3.8, 4) is 0 Å². The van der Waals surface area contributed by atoms with E-state index in [4.69, 9.17) is 0 Å². The molecule has 0 unspecified atom stereocenters. The number of amides is 2. The molecule has 32 heavy (non-hydrogen) atoms. The normalized spacial score (nSPS) is 25.9. The van der Waals surface area contributed by atoms with Crippen LogP contribution in [-0.2, 0) is 22.7 Å². The smallest absolute Gasteiger partial charge is 0.232 e. The van der Waals surface area contributed by atoms with Crippen LogP contribution in [0.15, 0.2) is 30.5 Å². The Balaban J connectivity index is 1.41. The van der Waals surface area contributed by atoms with Crippen molar-refractivity contribution in [1.82, 2.24) is 19.3 Å². The highest BCUT2D eigenvalue weighted by atomic mass is 16.2. The number of fused-ring (bicyclic) bond motifs is 2. The van der Waals surface area contributed by atoms with Gasteiger partial charge in [-0.15, -0.1) is 0 Å². The number of hydrogen-bond donors (Lipinski definition) is 0. The van der Waals surface area contributed by atoms with Crippen molar-refractivity contribution >= 4 is 22.7 Å². The summed E-state index contributed by atoms with van der Waals surface area (Å²) in [6.07, 6.45) is 4.48. The Kier molecular flexibility index (Phi) is 5.52. The van der Waals surface area contributed by atoms with Gasteiger partial charge in [-0.25, -0.2) is 0 Å². The van der Waals surface area contributed by atoms with Crippen LogP contribution in [0.4, 0.5) is 0 Å². The first-order valence-corrected chi connectivity index (χ1v) is 12.3. The van der Waals surface area contributed by atoms with Gasteiger partial charge in [-0.3, -0.25) is 14.5 Å². The van der Waals surface area contributed by atoms with E-state index in [1.165, 1.54) is 16.5 Å². The molecule has 0 spiro atoms. The molecule has 5 rings (SSSR count). The molecular weight excluding hydrogens is 400 g/mol. The Labute approximate surface area is 191 Å². The van der Waals surface area contributed by atoms with Gasteiger partial charge in [-0.05, 0) is 31.4 Å². The Morgan fingerprint density at radius 3 is 2.53 bits per heavy atom. The molecule has 3 fully saturated rings. The van der Waals surface area contributed by atoms with Gasteiger partial charge in [-0.2, -0.15) is 0 Å². The van der Waals surface area contributed by atoms with Crippen LogP contribution < -0.4 is 0 Å². The van der Waals surface area contributed by atoms with Crippen LogP contribution in [0.25, 0.3) is 10.9 Å². The molecule has 2 amide bonds. The average Bonchev–Trinajstić information content (AvgIpc) is 3.55. The van der Waals surface area contributed by atoms with Crippen molar-refractivity contribution < 1.29 is 9.59 Å². The lowest BCUT2D eigenvalue weighted by Crippen LogP contribution is -2.49. The zero-order valence-electron chi connectivity index (χ0n) is 19.7. The predicted molar refractivity (Wildman–Crippen MR) is 126 cm³/mol. The highest BCUT2D eigenvalue weighted by molar-refractivity contribution is 5.87. The van der Waals surface area contributed by atoms with Gasteiger partial charge < -0.3 is 14.4 Å². The zero-order valence-corrected chi connectivity index (χ0v) is 19.7. The van der Waals surface area contributed by atoms with E-state index >= 15 is 0 Å². The molecule has 1 aromatic heterocycles. The maximum absolute atomic E-state index is 13.8. The fourth-order valence-electron chi connectivity index (χ4n) is 6.31. The Hall–Kier alpha value is -2.34. The van der Waals surface area contributed by atoms with Gasteiger partial charge in [0.25, 0.3) is 0 Å². The topological polar surface area (TPSA) is 48.8 Å². The Bertz CT molecular complexity index is 1020. The van der Waals surface area contributed by atoms with Gasteiger partial charge in [0.2, 0.25) is 11.8 Å². The number of carbonyl (C=O) groups excluding carboxylic acids is 2. The molecule has 0 N–H and O–H groups in total. The maximum atomic E-state index is 13.8. The van der Waals surface area contributed by atoms with E-state index in [-0.39, 0.29) is 23.7 Å². The molecule has 172 valence electrons. The molecule has 6 heteroatoms. The lowest BCUT2D eigenvalue weighted by molar-refractivity contribution is -0.142. The van der Waals surface area contributed by atoms with E-state index < -0.39 is 5.41 Å². The Morgan fingerprint density at radius 1 is 1.06 bits per heavy atom. The predicted octanol–water partition coefficient (Wildman–Crippen LogP) is 3.20. The number of rotatable bonds is 5. The Morgan fingerprint density at radius 2 is 1.81 bits per heavy atom. The van der Waals surface area contributed by atoms with Crippen molar-refractivity contribution in [1.29, 1.82) is 0 Å². The van der Waals surface area contributed by atoms with Gasteiger partial charge in [0.1, 0.15) is 0 Å². The summed E-state index contributed by atoms with van der Waals surface area (Å²) >= 11 is 0. The van der Waals surface area contributed by atoms with E-state index in [0.29, 0.717) is 13.1 Å². The molecule has 0 bridgehead atoms. The number of nitrogens with zero attached hydrogens (tertiary/aromatic N) is 4. The summed E-state index contributed by atoms with van der Waals surface area (Å²) in [4.78, 5) is 33.1. The highest BCUT2D eigenvalue weighted by Crippen LogP contribution is 2.45. The monoisotopic (exact) mass is 436 g/mol. The largest absolute Gasteiger partial charge is 0.347 e. The molecule has 4 heterocycles.